The summed E-state index contributed by atoms with van der Waals surface area (Å²) in [6.45, 7) is 1.18. The Labute approximate surface area is 90.3 Å². The van der Waals surface area contributed by atoms with Crippen LogP contribution in [-0.2, 0) is 0 Å². The second-order valence-electron chi connectivity index (χ2n) is 2.26. The summed E-state index contributed by atoms with van der Waals surface area (Å²) in [5, 5.41) is -1.07. The third-order valence-electron chi connectivity index (χ3n) is 1.03. The van der Waals surface area contributed by atoms with Crippen molar-refractivity contribution in [3.05, 3.63) is 11.9 Å². The van der Waals surface area contributed by atoms with Gasteiger partial charge in [-0.2, -0.15) is 17.6 Å². The highest BCUT2D eigenvalue weighted by Crippen LogP contribution is 2.45. The third kappa shape index (κ3) is 3.57. The van der Waals surface area contributed by atoms with E-state index in [9.17, 15) is 22.0 Å². The van der Waals surface area contributed by atoms with E-state index < -0.39 is 21.1 Å². The van der Waals surface area contributed by atoms with Gasteiger partial charge in [0.2, 0.25) is 0 Å². The molecule has 0 N–H and O–H groups in total. The Morgan fingerprint density at radius 1 is 1.38 bits per heavy atom. The first-order valence-corrected chi connectivity index (χ1v) is 4.57. The standard InChI is InChI=1S/C6H5ClF5I/c1-3(7)2-4(8)5(9,10)6(11,12)13/h2-3H,1H3/b4-2-. The second kappa shape index (κ2) is 4.29. The lowest BCUT2D eigenvalue weighted by Gasteiger charge is -2.19. The number of rotatable bonds is 3. The fourth-order valence-corrected chi connectivity index (χ4v) is 0.810. The first-order chi connectivity index (χ1) is 5.59. The lowest BCUT2D eigenvalue weighted by molar-refractivity contribution is -0.124. The fraction of sp³-hybridized carbons (Fsp3) is 0.667. The van der Waals surface area contributed by atoms with E-state index in [-0.39, 0.29) is 28.7 Å². The van der Waals surface area contributed by atoms with Crippen LogP contribution in [0.2, 0.25) is 0 Å². The van der Waals surface area contributed by atoms with E-state index in [1.165, 1.54) is 6.92 Å². The molecule has 0 fully saturated rings. The van der Waals surface area contributed by atoms with Crippen LogP contribution in [0.1, 0.15) is 6.92 Å². The van der Waals surface area contributed by atoms with Gasteiger partial charge in [-0.3, -0.25) is 0 Å². The first kappa shape index (κ1) is 13.4. The van der Waals surface area contributed by atoms with E-state index >= 15 is 0 Å². The smallest absolute Gasteiger partial charge is 0.205 e. The van der Waals surface area contributed by atoms with Crippen molar-refractivity contribution in [2.75, 3.05) is 0 Å². The zero-order valence-electron chi connectivity index (χ0n) is 6.30. The summed E-state index contributed by atoms with van der Waals surface area (Å²) in [4.78, 5) is 0. The Morgan fingerprint density at radius 2 is 1.77 bits per heavy atom. The first-order valence-electron chi connectivity index (χ1n) is 3.05. The van der Waals surface area contributed by atoms with Gasteiger partial charge >= 0.3 is 9.85 Å². The molecule has 0 amide bonds. The third-order valence-corrected chi connectivity index (χ3v) is 1.84. The molecule has 0 aromatic heterocycles. The maximum absolute atomic E-state index is 12.5. The van der Waals surface area contributed by atoms with Gasteiger partial charge in [0.05, 0.1) is 5.38 Å². The average Bonchev–Trinajstić information content (AvgIpc) is 1.82. The highest BCUT2D eigenvalue weighted by atomic mass is 127. The number of allylic oxidation sites excluding steroid dienone is 2. The van der Waals surface area contributed by atoms with Gasteiger partial charge in [0.1, 0.15) is 0 Å². The van der Waals surface area contributed by atoms with Crippen molar-refractivity contribution in [2.24, 2.45) is 0 Å². The Hall–Kier alpha value is 0.410. The Balaban J connectivity index is 4.85. The summed E-state index contributed by atoms with van der Waals surface area (Å²) in [5.41, 5.74) is 0. The SMILES string of the molecule is CC(Cl)/C=C(\F)C(F)(F)C(F)(F)I. The molecule has 0 saturated heterocycles. The highest BCUT2D eigenvalue weighted by Gasteiger charge is 2.57. The van der Waals surface area contributed by atoms with Crippen LogP contribution in [0.25, 0.3) is 0 Å². The summed E-state index contributed by atoms with van der Waals surface area (Å²) in [6, 6.07) is 0. The number of halogens is 7. The minimum absolute atomic E-state index is 0.174. The maximum atomic E-state index is 12.5. The van der Waals surface area contributed by atoms with Crippen LogP contribution < -0.4 is 0 Å². The Kier molecular flexibility index (Phi) is 4.42. The molecule has 78 valence electrons. The van der Waals surface area contributed by atoms with E-state index in [1.807, 2.05) is 0 Å². The molecule has 0 rings (SSSR count). The van der Waals surface area contributed by atoms with Crippen molar-refractivity contribution in [3.8, 4) is 0 Å². The van der Waals surface area contributed by atoms with Crippen LogP contribution >= 0.6 is 34.2 Å². The summed E-state index contributed by atoms with van der Waals surface area (Å²) in [5.74, 6) is -7.02. The summed E-state index contributed by atoms with van der Waals surface area (Å²) in [7, 11) is 0. The number of hydrogen-bond acceptors (Lipinski definition) is 0. The lowest BCUT2D eigenvalue weighted by Crippen LogP contribution is -2.35. The Bertz CT molecular complexity index is 208. The molecule has 0 spiro atoms. The maximum Gasteiger partial charge on any atom is 0.369 e. The van der Waals surface area contributed by atoms with E-state index in [2.05, 4.69) is 0 Å². The molecule has 0 saturated carbocycles. The molecule has 13 heavy (non-hydrogen) atoms. The van der Waals surface area contributed by atoms with Gasteiger partial charge in [0, 0.05) is 22.6 Å². The van der Waals surface area contributed by atoms with E-state index in [1.54, 1.807) is 0 Å². The van der Waals surface area contributed by atoms with Gasteiger partial charge in [-0.05, 0) is 13.0 Å². The van der Waals surface area contributed by atoms with Crippen molar-refractivity contribution < 1.29 is 22.0 Å². The molecule has 0 aromatic rings. The highest BCUT2D eigenvalue weighted by molar-refractivity contribution is 14.1. The summed E-state index contributed by atoms with van der Waals surface area (Å²) in [6.07, 6.45) is 0.244. The molecule has 0 nitrogen and oxygen atoms in total. The zero-order chi connectivity index (χ0) is 10.9. The molecule has 7 heteroatoms. The van der Waals surface area contributed by atoms with Crippen molar-refractivity contribution in [2.45, 2.75) is 22.2 Å². The molecule has 0 radical (unpaired) electrons. The minimum atomic E-state index is -4.81. The van der Waals surface area contributed by atoms with Gasteiger partial charge < -0.3 is 0 Å². The molecule has 0 aliphatic carbocycles. The zero-order valence-corrected chi connectivity index (χ0v) is 9.21. The monoisotopic (exact) mass is 334 g/mol. The largest absolute Gasteiger partial charge is 0.369 e. The molecule has 0 aliphatic rings. The van der Waals surface area contributed by atoms with Crippen LogP contribution in [-0.4, -0.2) is 15.2 Å². The van der Waals surface area contributed by atoms with Gasteiger partial charge in [0.15, 0.2) is 5.83 Å². The molecule has 1 atom stereocenters. The van der Waals surface area contributed by atoms with Crippen molar-refractivity contribution >= 4 is 34.2 Å². The van der Waals surface area contributed by atoms with Crippen LogP contribution in [0.4, 0.5) is 22.0 Å². The second-order valence-corrected chi connectivity index (χ2v) is 4.31. The Morgan fingerprint density at radius 3 is 2.00 bits per heavy atom. The molecule has 0 aromatic carbocycles. The predicted octanol–water partition coefficient (Wildman–Crippen LogP) is 4.13. The van der Waals surface area contributed by atoms with Crippen LogP contribution in [0.5, 0.6) is 0 Å². The van der Waals surface area contributed by atoms with Crippen molar-refractivity contribution in [1.29, 1.82) is 0 Å². The van der Waals surface area contributed by atoms with Gasteiger partial charge in [-0.1, -0.05) is 0 Å². The summed E-state index contributed by atoms with van der Waals surface area (Å²) < 4.78 is 57.1. The number of hydrogen-bond donors (Lipinski definition) is 0. The van der Waals surface area contributed by atoms with Crippen LogP contribution in [0, 0.1) is 0 Å². The normalized spacial score (nSPS) is 17.4. The van der Waals surface area contributed by atoms with Crippen molar-refractivity contribution in [1.82, 2.24) is 0 Å². The molecule has 1 unspecified atom stereocenters. The van der Waals surface area contributed by atoms with E-state index in [0.717, 1.165) is 0 Å². The van der Waals surface area contributed by atoms with Crippen LogP contribution in [0.15, 0.2) is 11.9 Å². The van der Waals surface area contributed by atoms with Gasteiger partial charge in [0.25, 0.3) is 0 Å². The fourth-order valence-electron chi connectivity index (χ4n) is 0.442. The minimum Gasteiger partial charge on any atom is -0.205 e. The predicted molar refractivity (Wildman–Crippen MR) is 48.4 cm³/mol. The van der Waals surface area contributed by atoms with E-state index in [4.69, 9.17) is 11.6 Å². The summed E-state index contributed by atoms with van der Waals surface area (Å²) >= 11 is 5.31. The number of alkyl halides is 6. The molecular formula is C6H5ClF5I. The molecule has 0 aliphatic heterocycles. The molecular weight excluding hydrogens is 329 g/mol. The molecule has 0 bridgehead atoms. The molecule has 0 heterocycles. The van der Waals surface area contributed by atoms with Crippen LogP contribution in [0.3, 0.4) is 0 Å². The lowest BCUT2D eigenvalue weighted by atomic mass is 10.2. The topological polar surface area (TPSA) is 0 Å². The quantitative estimate of drug-likeness (QED) is 0.414. The van der Waals surface area contributed by atoms with Gasteiger partial charge in [-0.15, -0.1) is 11.6 Å². The van der Waals surface area contributed by atoms with E-state index in [0.29, 0.717) is 0 Å². The average molecular weight is 334 g/mol. The van der Waals surface area contributed by atoms with Gasteiger partial charge in [-0.25, -0.2) is 4.39 Å². The van der Waals surface area contributed by atoms with Crippen molar-refractivity contribution in [3.63, 3.8) is 0 Å².